The smallest absolute Gasteiger partial charge is 0.407 e. The van der Waals surface area contributed by atoms with Crippen molar-refractivity contribution in [3.05, 3.63) is 70.7 Å². The van der Waals surface area contributed by atoms with Gasteiger partial charge in [-0.1, -0.05) is 53.0 Å². The molecule has 0 radical (unpaired) electrons. The van der Waals surface area contributed by atoms with E-state index in [1.54, 1.807) is 0 Å². The number of aromatic nitrogens is 2. The lowest BCUT2D eigenvalue weighted by molar-refractivity contribution is -0.137. The monoisotopic (exact) mass is 466 g/mol. The molecule has 9 nitrogen and oxygen atoms in total. The lowest BCUT2D eigenvalue weighted by Crippen LogP contribution is -2.47. The number of alkyl carbamates (subject to hydrolysis) is 1. The number of ether oxygens (including phenoxy) is 1. The number of amides is 2. The zero-order valence-corrected chi connectivity index (χ0v) is 18.4. The zero-order chi connectivity index (χ0) is 23.2. The molecule has 3 N–H and O–H groups in total. The lowest BCUT2D eigenvalue weighted by atomic mass is 9.98. The molecule has 1 aromatic heterocycles. The van der Waals surface area contributed by atoms with Crippen LogP contribution in [0.5, 0.6) is 0 Å². The predicted molar refractivity (Wildman–Crippen MR) is 121 cm³/mol. The van der Waals surface area contributed by atoms with Gasteiger partial charge in [-0.25, -0.2) is 4.79 Å². The molecule has 1 atom stereocenters. The van der Waals surface area contributed by atoms with Crippen LogP contribution >= 0.6 is 11.5 Å². The second kappa shape index (κ2) is 10.2. The van der Waals surface area contributed by atoms with Crippen LogP contribution in [0.2, 0.25) is 0 Å². The average Bonchev–Trinajstić information content (AvgIpc) is 3.45. The van der Waals surface area contributed by atoms with Gasteiger partial charge in [0.25, 0.3) is 0 Å². The molecule has 1 unspecified atom stereocenters. The minimum atomic E-state index is -1.06. The van der Waals surface area contributed by atoms with Crippen molar-refractivity contribution < 1.29 is 24.2 Å². The molecule has 0 aliphatic heterocycles. The first-order valence-electron chi connectivity index (χ1n) is 10.4. The van der Waals surface area contributed by atoms with E-state index >= 15 is 0 Å². The maximum atomic E-state index is 12.6. The maximum absolute atomic E-state index is 12.6. The molecule has 170 valence electrons. The Labute approximate surface area is 194 Å². The number of fused-ring (bicyclic) bond motifs is 3. The third kappa shape index (κ3) is 5.35. The Balaban J connectivity index is 1.39. The predicted octanol–water partition coefficient (Wildman–Crippen LogP) is 2.93. The number of rotatable bonds is 9. The fourth-order valence-corrected chi connectivity index (χ4v) is 4.31. The normalized spacial score (nSPS) is 13.0. The zero-order valence-electron chi connectivity index (χ0n) is 17.6. The largest absolute Gasteiger partial charge is 0.481 e. The highest BCUT2D eigenvalue weighted by atomic mass is 32.1. The Morgan fingerprint density at radius 3 is 2.33 bits per heavy atom. The quantitative estimate of drug-likeness (QED) is 0.442. The summed E-state index contributed by atoms with van der Waals surface area (Å²) in [5.74, 6) is -1.68. The highest BCUT2D eigenvalue weighted by Crippen LogP contribution is 2.44. The Morgan fingerprint density at radius 1 is 1.06 bits per heavy atom. The summed E-state index contributed by atoms with van der Waals surface area (Å²) in [6, 6.07) is 14.9. The van der Waals surface area contributed by atoms with E-state index in [1.165, 1.54) is 6.20 Å². The van der Waals surface area contributed by atoms with Gasteiger partial charge in [0.2, 0.25) is 5.91 Å². The molecule has 33 heavy (non-hydrogen) atoms. The number of nitrogens with one attached hydrogen (secondary N) is 2. The van der Waals surface area contributed by atoms with E-state index < -0.39 is 24.0 Å². The highest BCUT2D eigenvalue weighted by molar-refractivity contribution is 7.05. The Hall–Kier alpha value is -3.79. The molecule has 0 saturated heterocycles. The minimum Gasteiger partial charge on any atom is -0.481 e. The lowest BCUT2D eigenvalue weighted by Gasteiger charge is -2.19. The number of carbonyl (C=O) groups excluding carboxylic acids is 2. The number of carboxylic acids is 1. The van der Waals surface area contributed by atoms with E-state index in [1.807, 2.05) is 48.5 Å². The first-order valence-corrected chi connectivity index (χ1v) is 11.2. The summed E-state index contributed by atoms with van der Waals surface area (Å²) in [4.78, 5) is 36.8. The van der Waals surface area contributed by atoms with Gasteiger partial charge in [-0.15, -0.1) is 5.10 Å². The van der Waals surface area contributed by atoms with Gasteiger partial charge >= 0.3 is 12.1 Å². The molecule has 0 fully saturated rings. The van der Waals surface area contributed by atoms with Crippen molar-refractivity contribution in [2.24, 2.45) is 0 Å². The number of hydrogen-bond donors (Lipinski definition) is 3. The molecule has 2 aromatic carbocycles. The number of aliphatic carboxylic acids is 1. The molecule has 0 spiro atoms. The fourth-order valence-electron chi connectivity index (χ4n) is 3.88. The van der Waals surface area contributed by atoms with Gasteiger partial charge in [0, 0.05) is 12.3 Å². The van der Waals surface area contributed by atoms with Crippen LogP contribution in [0, 0.1) is 0 Å². The van der Waals surface area contributed by atoms with Crippen LogP contribution in [0.1, 0.15) is 34.8 Å². The van der Waals surface area contributed by atoms with Crippen molar-refractivity contribution in [3.63, 3.8) is 0 Å². The first kappa shape index (κ1) is 22.4. The van der Waals surface area contributed by atoms with Crippen LogP contribution in [-0.2, 0) is 20.9 Å². The first-order chi connectivity index (χ1) is 16.0. The van der Waals surface area contributed by atoms with Crippen molar-refractivity contribution in [2.45, 2.75) is 31.3 Å². The van der Waals surface area contributed by atoms with Gasteiger partial charge in [-0.2, -0.15) is 0 Å². The van der Waals surface area contributed by atoms with Gasteiger partial charge in [-0.3, -0.25) is 9.59 Å². The molecule has 4 rings (SSSR count). The Morgan fingerprint density at radius 2 is 1.73 bits per heavy atom. The molecule has 1 heterocycles. The second-order valence-corrected chi connectivity index (χ2v) is 8.43. The Kier molecular flexibility index (Phi) is 6.94. The van der Waals surface area contributed by atoms with Crippen molar-refractivity contribution in [1.29, 1.82) is 0 Å². The van der Waals surface area contributed by atoms with Gasteiger partial charge in [-0.05, 0) is 40.2 Å². The molecule has 0 saturated carbocycles. The number of hydrogen-bond acceptors (Lipinski definition) is 7. The van der Waals surface area contributed by atoms with Crippen molar-refractivity contribution in [3.8, 4) is 11.1 Å². The molecule has 1 aliphatic rings. The van der Waals surface area contributed by atoms with Gasteiger partial charge in [0.05, 0.1) is 17.6 Å². The summed E-state index contributed by atoms with van der Waals surface area (Å²) in [5, 5.41) is 17.9. The van der Waals surface area contributed by atoms with E-state index in [4.69, 9.17) is 9.84 Å². The van der Waals surface area contributed by atoms with Crippen molar-refractivity contribution in [1.82, 2.24) is 20.2 Å². The SMILES string of the molecule is O=C(O)CCC(NC(=O)OCC1c2ccccc2-c2ccccc21)C(=O)NCc1cnns1. The average molecular weight is 467 g/mol. The molecular formula is C23H22N4O5S. The maximum Gasteiger partial charge on any atom is 0.407 e. The minimum absolute atomic E-state index is 0.0632. The fraction of sp³-hybridized carbons (Fsp3) is 0.261. The van der Waals surface area contributed by atoms with Crippen LogP contribution in [-0.4, -0.2) is 45.3 Å². The molecule has 10 heteroatoms. The molecule has 3 aromatic rings. The second-order valence-electron chi connectivity index (χ2n) is 7.56. The summed E-state index contributed by atoms with van der Waals surface area (Å²) in [6.07, 6.45) is 0.411. The number of benzene rings is 2. The van der Waals surface area contributed by atoms with E-state index in [2.05, 4.69) is 20.2 Å². The third-order valence-electron chi connectivity index (χ3n) is 5.44. The van der Waals surface area contributed by atoms with Gasteiger partial charge in [0.15, 0.2) is 0 Å². The highest BCUT2D eigenvalue weighted by Gasteiger charge is 2.30. The number of carbonyl (C=O) groups is 3. The molecule has 0 bridgehead atoms. The van der Waals surface area contributed by atoms with E-state index in [0.717, 1.165) is 38.7 Å². The van der Waals surface area contributed by atoms with Crippen LogP contribution in [0.25, 0.3) is 11.1 Å². The van der Waals surface area contributed by atoms with Gasteiger partial charge in [0.1, 0.15) is 12.6 Å². The molecular weight excluding hydrogens is 444 g/mol. The van der Waals surface area contributed by atoms with E-state index in [0.29, 0.717) is 0 Å². The van der Waals surface area contributed by atoms with Gasteiger partial charge < -0.3 is 20.5 Å². The van der Waals surface area contributed by atoms with E-state index in [9.17, 15) is 14.4 Å². The van der Waals surface area contributed by atoms with Crippen LogP contribution in [0.4, 0.5) is 4.79 Å². The van der Waals surface area contributed by atoms with Crippen LogP contribution < -0.4 is 10.6 Å². The van der Waals surface area contributed by atoms with Crippen molar-refractivity contribution >= 4 is 29.5 Å². The number of nitrogens with zero attached hydrogens (tertiary/aromatic N) is 2. The number of carboxylic acid groups (broad SMARTS) is 1. The standard InChI is InChI=1S/C23H22N4O5S/c28-21(29)10-9-20(22(30)24-11-14-12-25-27-33-14)26-23(31)32-13-19-17-7-3-1-5-15(17)16-6-2-4-8-18(16)19/h1-8,12,19-20H,9-11,13H2,(H,24,30)(H,26,31)(H,28,29). The molecule has 1 aliphatic carbocycles. The summed E-state index contributed by atoms with van der Waals surface area (Å²) in [7, 11) is 0. The molecule has 2 amide bonds. The third-order valence-corrected chi connectivity index (χ3v) is 6.10. The van der Waals surface area contributed by atoms with E-state index in [-0.39, 0.29) is 31.9 Å². The summed E-state index contributed by atoms with van der Waals surface area (Å²) >= 11 is 1.14. The summed E-state index contributed by atoms with van der Waals surface area (Å²) in [5.41, 5.74) is 4.37. The van der Waals surface area contributed by atoms with Crippen molar-refractivity contribution in [2.75, 3.05) is 6.61 Å². The van der Waals surface area contributed by atoms with Crippen LogP contribution in [0.15, 0.2) is 54.7 Å². The summed E-state index contributed by atoms with van der Waals surface area (Å²) < 4.78 is 9.20. The Bertz CT molecular complexity index is 1110. The van der Waals surface area contributed by atoms with Crippen LogP contribution in [0.3, 0.4) is 0 Å². The summed E-state index contributed by atoms with van der Waals surface area (Å²) in [6.45, 7) is 0.284. The topological polar surface area (TPSA) is 131 Å².